The number of halogens is 1. The monoisotopic (exact) mass is 300 g/mol. The number of nitrogens with one attached hydrogen (secondary N) is 1. The number of carbonyl (C=O) groups is 1. The number of rotatable bonds is 2. The first-order chi connectivity index (χ1) is 10.0. The lowest BCUT2D eigenvalue weighted by Gasteiger charge is -2.09. The highest BCUT2D eigenvalue weighted by molar-refractivity contribution is 6.31. The minimum absolute atomic E-state index is 0.271. The number of aromatic nitrogens is 3. The fourth-order valence-electron chi connectivity index (χ4n) is 2.10. The molecule has 0 aliphatic heterocycles. The van der Waals surface area contributed by atoms with E-state index in [1.165, 1.54) is 0 Å². The fourth-order valence-corrected chi connectivity index (χ4v) is 2.27. The van der Waals surface area contributed by atoms with E-state index in [0.717, 1.165) is 11.3 Å². The number of nitrogens with zero attached hydrogens (tertiary/aromatic N) is 3. The lowest BCUT2D eigenvalue weighted by Crippen LogP contribution is -2.15. The summed E-state index contributed by atoms with van der Waals surface area (Å²) in [4.78, 5) is 16.6. The Morgan fingerprint density at radius 2 is 2.05 bits per heavy atom. The van der Waals surface area contributed by atoms with E-state index in [0.29, 0.717) is 22.1 Å². The Morgan fingerprint density at radius 1 is 1.24 bits per heavy atom. The molecule has 6 heteroatoms. The molecule has 0 radical (unpaired) electrons. The van der Waals surface area contributed by atoms with Gasteiger partial charge in [0.15, 0.2) is 5.65 Å². The summed E-state index contributed by atoms with van der Waals surface area (Å²) < 4.78 is 1.68. The predicted octanol–water partition coefficient (Wildman–Crippen LogP) is 3.25. The van der Waals surface area contributed by atoms with E-state index >= 15 is 0 Å². The molecule has 0 aliphatic carbocycles. The van der Waals surface area contributed by atoms with Crippen LogP contribution >= 0.6 is 11.6 Å². The normalized spacial score (nSPS) is 10.8. The van der Waals surface area contributed by atoms with Gasteiger partial charge in [-0.25, -0.2) is 9.50 Å². The van der Waals surface area contributed by atoms with Crippen LogP contribution in [0.15, 0.2) is 36.5 Å². The summed E-state index contributed by atoms with van der Waals surface area (Å²) >= 11 is 5.96. The first kappa shape index (κ1) is 13.6. The van der Waals surface area contributed by atoms with Gasteiger partial charge in [0.2, 0.25) is 0 Å². The van der Waals surface area contributed by atoms with Gasteiger partial charge in [-0.15, -0.1) is 0 Å². The highest BCUT2D eigenvalue weighted by Crippen LogP contribution is 2.21. The molecule has 0 unspecified atom stereocenters. The maximum atomic E-state index is 12.3. The van der Waals surface area contributed by atoms with Crippen molar-refractivity contribution in [2.45, 2.75) is 13.8 Å². The highest BCUT2D eigenvalue weighted by atomic mass is 35.5. The Balaban J connectivity index is 1.95. The van der Waals surface area contributed by atoms with E-state index < -0.39 is 0 Å². The van der Waals surface area contributed by atoms with E-state index in [-0.39, 0.29) is 5.91 Å². The molecule has 2 aromatic heterocycles. The largest absolute Gasteiger partial charge is 0.320 e. The van der Waals surface area contributed by atoms with E-state index in [9.17, 15) is 4.79 Å². The zero-order valence-electron chi connectivity index (χ0n) is 11.6. The summed E-state index contributed by atoms with van der Waals surface area (Å²) in [6.45, 7) is 3.79. The van der Waals surface area contributed by atoms with Crippen molar-refractivity contribution in [1.29, 1.82) is 0 Å². The number of amides is 1. The lowest BCUT2D eigenvalue weighted by atomic mass is 10.2. The average molecular weight is 301 g/mol. The van der Waals surface area contributed by atoms with Crippen LogP contribution in [0.1, 0.15) is 21.7 Å². The summed E-state index contributed by atoms with van der Waals surface area (Å²) in [7, 11) is 0. The molecule has 0 saturated carbocycles. The van der Waals surface area contributed by atoms with Gasteiger partial charge >= 0.3 is 0 Å². The van der Waals surface area contributed by atoms with Crippen LogP contribution in [0, 0.1) is 13.8 Å². The van der Waals surface area contributed by atoms with Crippen LogP contribution in [0.2, 0.25) is 5.02 Å². The molecule has 1 amide bonds. The molecule has 0 spiro atoms. The minimum atomic E-state index is -0.271. The molecule has 1 N–H and O–H groups in total. The van der Waals surface area contributed by atoms with Crippen LogP contribution < -0.4 is 5.32 Å². The van der Waals surface area contributed by atoms with Gasteiger partial charge in [-0.3, -0.25) is 4.79 Å². The Labute approximate surface area is 126 Å². The van der Waals surface area contributed by atoms with Crippen molar-refractivity contribution in [3.8, 4) is 0 Å². The van der Waals surface area contributed by atoms with Gasteiger partial charge < -0.3 is 5.32 Å². The Morgan fingerprint density at radius 3 is 2.86 bits per heavy atom. The van der Waals surface area contributed by atoms with E-state index in [4.69, 9.17) is 11.6 Å². The summed E-state index contributed by atoms with van der Waals surface area (Å²) in [6, 6.07) is 8.83. The van der Waals surface area contributed by atoms with Crippen LogP contribution in [-0.4, -0.2) is 20.5 Å². The van der Waals surface area contributed by atoms with Crippen molar-refractivity contribution in [3.05, 3.63) is 58.5 Å². The number of carbonyl (C=O) groups excluding carboxylic acids is 1. The van der Waals surface area contributed by atoms with Gasteiger partial charge in [0.05, 0.1) is 6.20 Å². The van der Waals surface area contributed by atoms with Gasteiger partial charge in [0.1, 0.15) is 5.69 Å². The maximum absolute atomic E-state index is 12.3. The van der Waals surface area contributed by atoms with Gasteiger partial charge in [0, 0.05) is 22.5 Å². The summed E-state index contributed by atoms with van der Waals surface area (Å²) in [6.07, 6.45) is 1.65. The standard InChI is InChI=1S/C15H13ClN4O/c1-9-3-4-11(16)8-12(9)19-15(21)13-7-10(2)20-14(18-13)5-6-17-20/h3-8H,1-2H3,(H,19,21). The number of fused-ring (bicyclic) bond motifs is 1. The molecule has 0 atom stereocenters. The molecule has 0 saturated heterocycles. The van der Waals surface area contributed by atoms with Gasteiger partial charge in [-0.1, -0.05) is 17.7 Å². The number of hydrogen-bond acceptors (Lipinski definition) is 3. The molecule has 0 bridgehead atoms. The van der Waals surface area contributed by atoms with Gasteiger partial charge in [0.25, 0.3) is 5.91 Å². The number of anilines is 1. The van der Waals surface area contributed by atoms with Gasteiger partial charge in [-0.2, -0.15) is 5.10 Å². The molecule has 0 aliphatic rings. The van der Waals surface area contributed by atoms with Crippen molar-refractivity contribution in [2.24, 2.45) is 0 Å². The third kappa shape index (κ3) is 2.60. The molecule has 106 valence electrons. The second-order valence-corrected chi connectivity index (χ2v) is 5.23. The smallest absolute Gasteiger partial charge is 0.274 e. The molecular weight excluding hydrogens is 288 g/mol. The van der Waals surface area contributed by atoms with Crippen LogP contribution in [0.3, 0.4) is 0 Å². The van der Waals surface area contributed by atoms with Crippen molar-refractivity contribution in [1.82, 2.24) is 14.6 Å². The first-order valence-corrected chi connectivity index (χ1v) is 6.81. The second kappa shape index (κ2) is 5.18. The number of hydrogen-bond donors (Lipinski definition) is 1. The van der Waals surface area contributed by atoms with Crippen molar-refractivity contribution < 1.29 is 4.79 Å². The first-order valence-electron chi connectivity index (χ1n) is 6.43. The molecular formula is C15H13ClN4O. The third-order valence-corrected chi connectivity index (χ3v) is 3.45. The van der Waals surface area contributed by atoms with Crippen LogP contribution in [0.25, 0.3) is 5.65 Å². The highest BCUT2D eigenvalue weighted by Gasteiger charge is 2.12. The lowest BCUT2D eigenvalue weighted by molar-refractivity contribution is 0.102. The number of benzene rings is 1. The third-order valence-electron chi connectivity index (χ3n) is 3.22. The van der Waals surface area contributed by atoms with Crippen LogP contribution in [0.4, 0.5) is 5.69 Å². The summed E-state index contributed by atoms with van der Waals surface area (Å²) in [5.41, 5.74) is 3.45. The van der Waals surface area contributed by atoms with E-state index in [2.05, 4.69) is 15.4 Å². The molecule has 0 fully saturated rings. The Kier molecular flexibility index (Phi) is 3.35. The second-order valence-electron chi connectivity index (χ2n) is 4.80. The summed E-state index contributed by atoms with van der Waals surface area (Å²) in [5.74, 6) is -0.271. The van der Waals surface area contributed by atoms with E-state index in [1.54, 1.807) is 35.0 Å². The van der Waals surface area contributed by atoms with Crippen molar-refractivity contribution in [3.63, 3.8) is 0 Å². The zero-order valence-corrected chi connectivity index (χ0v) is 12.3. The van der Waals surface area contributed by atoms with E-state index in [1.807, 2.05) is 19.9 Å². The Hall–Kier alpha value is -2.40. The molecule has 2 heterocycles. The van der Waals surface area contributed by atoms with Gasteiger partial charge in [-0.05, 0) is 37.6 Å². The quantitative estimate of drug-likeness (QED) is 0.790. The summed E-state index contributed by atoms with van der Waals surface area (Å²) in [5, 5.41) is 7.54. The molecule has 21 heavy (non-hydrogen) atoms. The maximum Gasteiger partial charge on any atom is 0.274 e. The predicted molar refractivity (Wildman–Crippen MR) is 81.9 cm³/mol. The number of aryl methyl sites for hydroxylation is 2. The van der Waals surface area contributed by atoms with Crippen LogP contribution in [-0.2, 0) is 0 Å². The molecule has 5 nitrogen and oxygen atoms in total. The van der Waals surface area contributed by atoms with Crippen LogP contribution in [0.5, 0.6) is 0 Å². The average Bonchev–Trinajstić information content (AvgIpc) is 2.91. The van der Waals surface area contributed by atoms with Crippen molar-refractivity contribution in [2.75, 3.05) is 5.32 Å². The fraction of sp³-hybridized carbons (Fsp3) is 0.133. The Bertz CT molecular complexity index is 841. The molecule has 3 aromatic rings. The minimum Gasteiger partial charge on any atom is -0.320 e. The van der Waals surface area contributed by atoms with Crippen molar-refractivity contribution >= 4 is 28.8 Å². The molecule has 3 rings (SSSR count). The zero-order chi connectivity index (χ0) is 15.0. The molecule has 1 aromatic carbocycles. The SMILES string of the molecule is Cc1ccc(Cl)cc1NC(=O)c1cc(C)n2nccc2n1. The topological polar surface area (TPSA) is 59.3 Å².